The molecule has 1 nitrogen and oxygen atoms in total. The van der Waals surface area contributed by atoms with E-state index in [-0.39, 0.29) is 12.4 Å². The Balaban J connectivity index is 0.00000625. The van der Waals surface area contributed by atoms with Crippen molar-refractivity contribution < 1.29 is 0 Å². The highest BCUT2D eigenvalue weighted by molar-refractivity contribution is 5.85. The number of rotatable bonds is 16. The molecule has 0 spiro atoms. The maximum absolute atomic E-state index is 3.89. The third-order valence-electron chi connectivity index (χ3n) is 6.73. The highest BCUT2D eigenvalue weighted by atomic mass is 35.5. The quantitative estimate of drug-likeness (QED) is 0.262. The fourth-order valence-electron chi connectivity index (χ4n) is 4.46. The number of nitrogens with one attached hydrogen (secondary N) is 1. The van der Waals surface area contributed by atoms with E-state index in [1.807, 2.05) is 0 Å². The minimum Gasteiger partial charge on any atom is -0.311 e. The average Bonchev–Trinajstić information content (AvgIpc) is 2.61. The molecule has 1 aliphatic rings. The number of hydrogen-bond acceptors (Lipinski definition) is 1. The van der Waals surface area contributed by atoms with Gasteiger partial charge in [0.05, 0.1) is 0 Å². The Kier molecular flexibility index (Phi) is 17.5. The van der Waals surface area contributed by atoms with Crippen LogP contribution < -0.4 is 5.32 Å². The Bertz CT molecular complexity index is 294. The molecule has 1 rings (SSSR count). The van der Waals surface area contributed by atoms with Crippen molar-refractivity contribution in [3.8, 4) is 0 Å². The molecule has 1 aliphatic carbocycles. The molecule has 2 unspecified atom stereocenters. The van der Waals surface area contributed by atoms with Crippen LogP contribution >= 0.6 is 12.4 Å². The van der Waals surface area contributed by atoms with Crippen LogP contribution in [0.3, 0.4) is 0 Å². The van der Waals surface area contributed by atoms with Crippen molar-refractivity contribution in [1.29, 1.82) is 0 Å². The van der Waals surface area contributed by atoms with E-state index in [9.17, 15) is 0 Å². The molecular formula is C24H50ClN. The molecule has 1 saturated carbocycles. The van der Waals surface area contributed by atoms with Crippen molar-refractivity contribution in [1.82, 2.24) is 5.32 Å². The first kappa shape index (κ1) is 26.2. The van der Waals surface area contributed by atoms with Gasteiger partial charge in [-0.15, -0.1) is 12.4 Å². The molecule has 0 aromatic rings. The fraction of sp³-hybridized carbons (Fsp3) is 1.00. The lowest BCUT2D eigenvalue weighted by atomic mass is 9.75. The van der Waals surface area contributed by atoms with Crippen LogP contribution in [0.5, 0.6) is 0 Å². The Hall–Kier alpha value is 0.250. The monoisotopic (exact) mass is 387 g/mol. The third-order valence-corrected chi connectivity index (χ3v) is 6.73. The summed E-state index contributed by atoms with van der Waals surface area (Å²) in [6, 6.07) is 0. The lowest BCUT2D eigenvalue weighted by Crippen LogP contribution is -2.49. The Morgan fingerprint density at radius 1 is 0.731 bits per heavy atom. The van der Waals surface area contributed by atoms with Gasteiger partial charge in [-0.3, -0.25) is 0 Å². The molecule has 26 heavy (non-hydrogen) atoms. The van der Waals surface area contributed by atoms with Crippen molar-refractivity contribution in [3.05, 3.63) is 0 Å². The van der Waals surface area contributed by atoms with Crippen LogP contribution in [0.15, 0.2) is 0 Å². The second-order valence-electron chi connectivity index (χ2n) is 9.09. The van der Waals surface area contributed by atoms with Crippen molar-refractivity contribution in [2.45, 2.75) is 142 Å². The second kappa shape index (κ2) is 17.4. The van der Waals surface area contributed by atoms with E-state index in [0.717, 1.165) is 5.92 Å². The molecule has 2 heteroatoms. The lowest BCUT2D eigenvalue weighted by Gasteiger charge is -2.40. The SMILES string of the molecule is CCCCCCCCCCCCCCCCNC1(C)CCCCC1C.Cl. The van der Waals surface area contributed by atoms with Gasteiger partial charge in [-0.05, 0) is 38.6 Å². The molecule has 0 radical (unpaired) electrons. The highest BCUT2D eigenvalue weighted by Gasteiger charge is 2.32. The van der Waals surface area contributed by atoms with E-state index >= 15 is 0 Å². The molecule has 158 valence electrons. The molecular weight excluding hydrogens is 338 g/mol. The molecule has 0 amide bonds. The zero-order valence-electron chi connectivity index (χ0n) is 18.4. The van der Waals surface area contributed by atoms with Gasteiger partial charge in [-0.1, -0.05) is 110 Å². The molecule has 0 heterocycles. The van der Waals surface area contributed by atoms with Crippen LogP contribution in [-0.4, -0.2) is 12.1 Å². The van der Waals surface area contributed by atoms with Crippen LogP contribution in [0.1, 0.15) is 136 Å². The van der Waals surface area contributed by atoms with E-state index in [2.05, 4.69) is 26.1 Å². The normalized spacial score (nSPS) is 23.0. The van der Waals surface area contributed by atoms with Crippen LogP contribution in [-0.2, 0) is 0 Å². The minimum atomic E-state index is 0. The predicted octanol–water partition coefficient (Wildman–Crippen LogP) is 8.45. The first-order valence-electron chi connectivity index (χ1n) is 11.9. The third kappa shape index (κ3) is 12.6. The van der Waals surface area contributed by atoms with E-state index in [1.165, 1.54) is 122 Å². The predicted molar refractivity (Wildman–Crippen MR) is 122 cm³/mol. The van der Waals surface area contributed by atoms with E-state index in [1.54, 1.807) is 0 Å². The summed E-state index contributed by atoms with van der Waals surface area (Å²) in [5.41, 5.74) is 0.425. The molecule has 0 saturated heterocycles. The number of hydrogen-bond donors (Lipinski definition) is 1. The highest BCUT2D eigenvalue weighted by Crippen LogP contribution is 2.33. The Morgan fingerprint density at radius 3 is 1.65 bits per heavy atom. The molecule has 1 N–H and O–H groups in total. The van der Waals surface area contributed by atoms with Crippen molar-refractivity contribution in [2.24, 2.45) is 5.92 Å². The first-order chi connectivity index (χ1) is 12.2. The summed E-state index contributed by atoms with van der Waals surface area (Å²) in [6.07, 6.45) is 26.0. The van der Waals surface area contributed by atoms with Crippen molar-refractivity contribution in [3.63, 3.8) is 0 Å². The van der Waals surface area contributed by atoms with Gasteiger partial charge in [0.25, 0.3) is 0 Å². The van der Waals surface area contributed by atoms with Crippen LogP contribution in [0.2, 0.25) is 0 Å². The molecule has 1 fully saturated rings. The summed E-state index contributed by atoms with van der Waals surface area (Å²) >= 11 is 0. The standard InChI is InChI=1S/C24H49N.ClH/c1-4-5-6-7-8-9-10-11-12-13-14-15-16-19-22-25-24(3)21-18-17-20-23(24)2;/h23,25H,4-22H2,1-3H3;1H. The molecule has 0 aromatic carbocycles. The van der Waals surface area contributed by atoms with E-state index in [0.29, 0.717) is 5.54 Å². The summed E-state index contributed by atoms with van der Waals surface area (Å²) < 4.78 is 0. The molecule has 0 aromatic heterocycles. The number of halogens is 1. The zero-order chi connectivity index (χ0) is 18.2. The smallest absolute Gasteiger partial charge is 0.0178 e. The van der Waals surface area contributed by atoms with E-state index < -0.39 is 0 Å². The minimum absolute atomic E-state index is 0. The maximum atomic E-state index is 3.89. The van der Waals surface area contributed by atoms with Gasteiger partial charge >= 0.3 is 0 Å². The molecule has 2 atom stereocenters. The topological polar surface area (TPSA) is 12.0 Å². The van der Waals surface area contributed by atoms with Crippen molar-refractivity contribution in [2.75, 3.05) is 6.54 Å². The average molecular weight is 388 g/mol. The summed E-state index contributed by atoms with van der Waals surface area (Å²) in [5.74, 6) is 0.855. The molecule has 0 bridgehead atoms. The Labute approximate surface area is 172 Å². The molecule has 0 aliphatic heterocycles. The van der Waals surface area contributed by atoms with Crippen LogP contribution in [0, 0.1) is 5.92 Å². The first-order valence-corrected chi connectivity index (χ1v) is 11.9. The summed E-state index contributed by atoms with van der Waals surface area (Å²) in [6.45, 7) is 8.44. The Morgan fingerprint density at radius 2 is 1.19 bits per heavy atom. The van der Waals surface area contributed by atoms with Gasteiger partial charge in [-0.2, -0.15) is 0 Å². The lowest BCUT2D eigenvalue weighted by molar-refractivity contribution is 0.173. The van der Waals surface area contributed by atoms with Gasteiger partial charge in [0, 0.05) is 5.54 Å². The summed E-state index contributed by atoms with van der Waals surface area (Å²) in [4.78, 5) is 0. The maximum Gasteiger partial charge on any atom is 0.0178 e. The van der Waals surface area contributed by atoms with Crippen molar-refractivity contribution >= 4 is 12.4 Å². The van der Waals surface area contributed by atoms with E-state index in [4.69, 9.17) is 0 Å². The fourth-order valence-corrected chi connectivity index (χ4v) is 4.46. The summed E-state index contributed by atoms with van der Waals surface area (Å²) in [7, 11) is 0. The van der Waals surface area contributed by atoms with Gasteiger partial charge in [0.1, 0.15) is 0 Å². The van der Waals surface area contributed by atoms with Gasteiger partial charge in [0.15, 0.2) is 0 Å². The van der Waals surface area contributed by atoms with Crippen LogP contribution in [0.4, 0.5) is 0 Å². The van der Waals surface area contributed by atoms with Gasteiger partial charge in [0.2, 0.25) is 0 Å². The number of unbranched alkanes of at least 4 members (excludes halogenated alkanes) is 13. The second-order valence-corrected chi connectivity index (χ2v) is 9.09. The van der Waals surface area contributed by atoms with Gasteiger partial charge < -0.3 is 5.32 Å². The van der Waals surface area contributed by atoms with Crippen LogP contribution in [0.25, 0.3) is 0 Å². The van der Waals surface area contributed by atoms with Gasteiger partial charge in [-0.25, -0.2) is 0 Å². The largest absolute Gasteiger partial charge is 0.311 e. The zero-order valence-corrected chi connectivity index (χ0v) is 19.2. The summed E-state index contributed by atoms with van der Waals surface area (Å²) in [5, 5.41) is 3.89.